The van der Waals surface area contributed by atoms with E-state index in [4.69, 9.17) is 16.7 Å². The summed E-state index contributed by atoms with van der Waals surface area (Å²) in [5.74, 6) is -1.62. The lowest BCUT2D eigenvalue weighted by Gasteiger charge is -2.10. The molecule has 0 aliphatic rings. The first kappa shape index (κ1) is 11.6. The minimum Gasteiger partial charge on any atom is -0.481 e. The quantitative estimate of drug-likeness (QED) is 0.907. The van der Waals surface area contributed by atoms with Crippen molar-refractivity contribution in [3.8, 4) is 5.69 Å². The molecule has 0 saturated heterocycles. The lowest BCUT2D eigenvalue weighted by atomic mass is 10.1. The van der Waals surface area contributed by atoms with Crippen molar-refractivity contribution in [2.24, 2.45) is 0 Å². The summed E-state index contributed by atoms with van der Waals surface area (Å²) in [6, 6.07) is 7.07. The molecule has 17 heavy (non-hydrogen) atoms. The number of carboxylic acids is 1. The Balaban J connectivity index is 2.51. The van der Waals surface area contributed by atoms with Gasteiger partial charge >= 0.3 is 5.97 Å². The Kier molecular flexibility index (Phi) is 3.10. The zero-order chi connectivity index (χ0) is 12.4. The largest absolute Gasteiger partial charge is 0.481 e. The highest BCUT2D eigenvalue weighted by Crippen LogP contribution is 2.23. The van der Waals surface area contributed by atoms with Crippen molar-refractivity contribution < 1.29 is 9.90 Å². The molecule has 1 N–H and O–H groups in total. The molecule has 0 saturated carbocycles. The SMILES string of the molecule is CC(C(=O)O)c1cnnn1-c1ccccc1Cl. The molecule has 1 unspecified atom stereocenters. The lowest BCUT2D eigenvalue weighted by molar-refractivity contribution is -0.138. The predicted octanol–water partition coefficient (Wildman–Crippen LogP) is 2.11. The average molecular weight is 252 g/mol. The molecule has 0 aliphatic carbocycles. The Labute approximate surface area is 103 Å². The van der Waals surface area contributed by atoms with E-state index < -0.39 is 11.9 Å². The molecule has 1 heterocycles. The molecule has 2 aromatic rings. The highest BCUT2D eigenvalue weighted by Gasteiger charge is 2.20. The van der Waals surface area contributed by atoms with Crippen LogP contribution in [0.2, 0.25) is 5.02 Å². The van der Waals surface area contributed by atoms with Gasteiger partial charge in [-0.3, -0.25) is 4.79 Å². The molecule has 2 rings (SSSR count). The summed E-state index contributed by atoms with van der Waals surface area (Å²) < 4.78 is 1.45. The summed E-state index contributed by atoms with van der Waals surface area (Å²) in [7, 11) is 0. The maximum Gasteiger partial charge on any atom is 0.312 e. The van der Waals surface area contributed by atoms with Crippen LogP contribution in [0.15, 0.2) is 30.5 Å². The van der Waals surface area contributed by atoms with Gasteiger partial charge in [-0.25, -0.2) is 4.68 Å². The second kappa shape index (κ2) is 4.55. The van der Waals surface area contributed by atoms with Gasteiger partial charge in [0.1, 0.15) is 0 Å². The predicted molar refractivity (Wildman–Crippen MR) is 62.4 cm³/mol. The number of nitrogens with zero attached hydrogens (tertiary/aromatic N) is 3. The number of aromatic nitrogens is 3. The number of rotatable bonds is 3. The smallest absolute Gasteiger partial charge is 0.312 e. The van der Waals surface area contributed by atoms with Gasteiger partial charge in [-0.05, 0) is 19.1 Å². The molecule has 5 nitrogen and oxygen atoms in total. The third-order valence-electron chi connectivity index (χ3n) is 2.47. The van der Waals surface area contributed by atoms with Gasteiger partial charge in [0.2, 0.25) is 0 Å². The van der Waals surface area contributed by atoms with Gasteiger partial charge in [-0.15, -0.1) is 5.10 Å². The number of para-hydroxylation sites is 1. The Morgan fingerprint density at radius 1 is 1.47 bits per heavy atom. The van der Waals surface area contributed by atoms with E-state index >= 15 is 0 Å². The van der Waals surface area contributed by atoms with Gasteiger partial charge in [-0.2, -0.15) is 0 Å². The molecule has 0 bridgehead atoms. The van der Waals surface area contributed by atoms with Crippen LogP contribution in [0.3, 0.4) is 0 Å². The Hall–Kier alpha value is -1.88. The fraction of sp³-hybridized carbons (Fsp3) is 0.182. The molecule has 1 atom stereocenters. The van der Waals surface area contributed by atoms with E-state index in [0.717, 1.165) is 0 Å². The third-order valence-corrected chi connectivity index (χ3v) is 2.79. The summed E-state index contributed by atoms with van der Waals surface area (Å²) in [6.07, 6.45) is 1.43. The number of aliphatic carboxylic acids is 1. The zero-order valence-corrected chi connectivity index (χ0v) is 9.80. The number of carboxylic acid groups (broad SMARTS) is 1. The van der Waals surface area contributed by atoms with Gasteiger partial charge in [0, 0.05) is 0 Å². The number of hydrogen-bond acceptors (Lipinski definition) is 3. The fourth-order valence-corrected chi connectivity index (χ4v) is 1.69. The van der Waals surface area contributed by atoms with Crippen molar-refractivity contribution in [3.05, 3.63) is 41.2 Å². The standard InChI is InChI=1S/C11H10ClN3O2/c1-7(11(16)17)10-6-13-14-15(10)9-5-3-2-4-8(9)12/h2-7H,1H3,(H,16,17). The van der Waals surface area contributed by atoms with Crippen molar-refractivity contribution in [2.45, 2.75) is 12.8 Å². The van der Waals surface area contributed by atoms with E-state index in [1.165, 1.54) is 10.9 Å². The fourth-order valence-electron chi connectivity index (χ4n) is 1.48. The van der Waals surface area contributed by atoms with Crippen LogP contribution < -0.4 is 0 Å². The topological polar surface area (TPSA) is 68.0 Å². The molecule has 6 heteroatoms. The maximum atomic E-state index is 11.0. The number of carbonyl (C=O) groups is 1. The normalized spacial score (nSPS) is 12.4. The molecule has 0 radical (unpaired) electrons. The molecule has 1 aromatic carbocycles. The van der Waals surface area contributed by atoms with Gasteiger partial charge in [0.25, 0.3) is 0 Å². The molecule has 0 fully saturated rings. The Bertz CT molecular complexity index is 553. The van der Waals surface area contributed by atoms with Crippen LogP contribution in [0.25, 0.3) is 5.69 Å². The highest BCUT2D eigenvalue weighted by atomic mass is 35.5. The number of hydrogen-bond donors (Lipinski definition) is 1. The highest BCUT2D eigenvalue weighted by molar-refractivity contribution is 6.32. The molecule has 0 spiro atoms. The Morgan fingerprint density at radius 3 is 2.82 bits per heavy atom. The van der Waals surface area contributed by atoms with Crippen LogP contribution in [0, 0.1) is 0 Å². The van der Waals surface area contributed by atoms with E-state index in [-0.39, 0.29) is 0 Å². The second-order valence-electron chi connectivity index (χ2n) is 3.58. The van der Waals surface area contributed by atoms with Gasteiger partial charge < -0.3 is 5.11 Å². The van der Waals surface area contributed by atoms with Crippen molar-refractivity contribution >= 4 is 17.6 Å². The van der Waals surface area contributed by atoms with Crippen molar-refractivity contribution in [2.75, 3.05) is 0 Å². The Morgan fingerprint density at radius 2 is 2.18 bits per heavy atom. The van der Waals surface area contributed by atoms with Crippen LogP contribution in [-0.4, -0.2) is 26.1 Å². The third kappa shape index (κ3) is 2.14. The minimum absolute atomic E-state index is 0.491. The first-order valence-corrected chi connectivity index (χ1v) is 5.37. The van der Waals surface area contributed by atoms with Crippen molar-refractivity contribution in [3.63, 3.8) is 0 Å². The number of halogens is 1. The molecule has 0 aliphatic heterocycles. The van der Waals surface area contributed by atoms with E-state index in [9.17, 15) is 4.79 Å². The van der Waals surface area contributed by atoms with Gasteiger partial charge in [-0.1, -0.05) is 28.9 Å². The van der Waals surface area contributed by atoms with Gasteiger partial charge in [0.15, 0.2) is 0 Å². The summed E-state index contributed by atoms with van der Waals surface area (Å²) in [6.45, 7) is 1.58. The summed E-state index contributed by atoms with van der Waals surface area (Å²) in [5, 5.41) is 17.1. The van der Waals surface area contributed by atoms with Crippen molar-refractivity contribution in [1.82, 2.24) is 15.0 Å². The maximum absolute atomic E-state index is 11.0. The first-order valence-electron chi connectivity index (χ1n) is 4.99. The van der Waals surface area contributed by atoms with Gasteiger partial charge in [0.05, 0.1) is 28.5 Å². The van der Waals surface area contributed by atoms with Crippen LogP contribution in [0.1, 0.15) is 18.5 Å². The molecular weight excluding hydrogens is 242 g/mol. The minimum atomic E-state index is -0.930. The monoisotopic (exact) mass is 251 g/mol. The van der Waals surface area contributed by atoms with Crippen LogP contribution in [-0.2, 0) is 4.79 Å². The van der Waals surface area contributed by atoms with E-state index in [0.29, 0.717) is 16.4 Å². The van der Waals surface area contributed by atoms with Crippen LogP contribution in [0.4, 0.5) is 0 Å². The van der Waals surface area contributed by atoms with E-state index in [2.05, 4.69) is 10.3 Å². The zero-order valence-electron chi connectivity index (χ0n) is 9.04. The first-order chi connectivity index (χ1) is 8.11. The summed E-state index contributed by atoms with van der Waals surface area (Å²) >= 11 is 6.04. The molecule has 0 amide bonds. The van der Waals surface area contributed by atoms with E-state index in [1.54, 1.807) is 31.2 Å². The molecule has 88 valence electrons. The molecule has 1 aromatic heterocycles. The summed E-state index contributed by atoms with van der Waals surface area (Å²) in [4.78, 5) is 11.0. The lowest BCUT2D eigenvalue weighted by Crippen LogP contribution is -2.13. The average Bonchev–Trinajstić information content (AvgIpc) is 2.77. The van der Waals surface area contributed by atoms with Crippen LogP contribution in [0.5, 0.6) is 0 Å². The van der Waals surface area contributed by atoms with Crippen molar-refractivity contribution in [1.29, 1.82) is 0 Å². The second-order valence-corrected chi connectivity index (χ2v) is 3.99. The molecular formula is C11H10ClN3O2. The number of benzene rings is 1. The van der Waals surface area contributed by atoms with Crippen LogP contribution >= 0.6 is 11.6 Å². The summed E-state index contributed by atoms with van der Waals surface area (Å²) in [5.41, 5.74) is 1.11. The van der Waals surface area contributed by atoms with E-state index in [1.807, 2.05) is 0 Å².